The number of aliphatic hydroxyl groups excluding tert-OH is 1. The van der Waals surface area contributed by atoms with Crippen LogP contribution in [0, 0.1) is 0 Å². The molecule has 21 heavy (non-hydrogen) atoms. The topological polar surface area (TPSA) is 81.1 Å². The van der Waals surface area contributed by atoms with Crippen molar-refractivity contribution in [2.24, 2.45) is 5.73 Å². The number of aromatic nitrogens is 2. The van der Waals surface area contributed by atoms with E-state index in [0.717, 1.165) is 16.8 Å². The zero-order valence-corrected chi connectivity index (χ0v) is 12.6. The van der Waals surface area contributed by atoms with Gasteiger partial charge in [0.05, 0.1) is 5.69 Å². The number of nitrogens with two attached hydrogens (primary N) is 1. The van der Waals surface area contributed by atoms with Gasteiger partial charge in [-0.2, -0.15) is 5.10 Å². The minimum absolute atomic E-state index is 0.0243. The van der Waals surface area contributed by atoms with Gasteiger partial charge in [0.1, 0.15) is 0 Å². The second-order valence-corrected chi connectivity index (χ2v) is 5.50. The summed E-state index contributed by atoms with van der Waals surface area (Å²) in [5.74, 6) is -0.612. The molecule has 0 saturated heterocycles. The fourth-order valence-corrected chi connectivity index (χ4v) is 2.41. The third-order valence-corrected chi connectivity index (χ3v) is 3.58. The molecule has 1 aromatic heterocycles. The maximum absolute atomic E-state index is 11.7. The quantitative estimate of drug-likeness (QED) is 0.885. The van der Waals surface area contributed by atoms with Crippen LogP contribution in [0.2, 0.25) is 0 Å². The van der Waals surface area contributed by atoms with Gasteiger partial charge in [0, 0.05) is 35.9 Å². The molecule has 0 unspecified atom stereocenters. The molecule has 0 aliphatic carbocycles. The minimum Gasteiger partial charge on any atom is -0.396 e. The van der Waals surface area contributed by atoms with Crippen LogP contribution in [-0.4, -0.2) is 27.4 Å². The Morgan fingerprint density at radius 1 is 1.33 bits per heavy atom. The molecular formula is C16H21N3O2. The van der Waals surface area contributed by atoms with Crippen molar-refractivity contribution in [3.05, 3.63) is 41.6 Å². The molecular weight excluding hydrogens is 266 g/mol. The average molecular weight is 287 g/mol. The lowest BCUT2D eigenvalue weighted by molar-refractivity contribution is 0.0998. The fraction of sp³-hybridized carbons (Fsp3) is 0.375. The monoisotopic (exact) mass is 287 g/mol. The average Bonchev–Trinajstić information content (AvgIpc) is 2.95. The zero-order valence-electron chi connectivity index (χ0n) is 12.6. The Balaban J connectivity index is 2.54. The van der Waals surface area contributed by atoms with E-state index in [1.165, 1.54) is 0 Å². The summed E-state index contributed by atoms with van der Waals surface area (Å²) in [6.45, 7) is 5.94. The molecule has 0 fully saturated rings. The second-order valence-electron chi connectivity index (χ2n) is 5.50. The first kappa shape index (κ1) is 15.3. The van der Waals surface area contributed by atoms with Crippen LogP contribution in [-0.2, 0) is 0 Å². The summed E-state index contributed by atoms with van der Waals surface area (Å²) in [5.41, 5.74) is 8.53. The van der Waals surface area contributed by atoms with E-state index in [4.69, 9.17) is 5.73 Å². The van der Waals surface area contributed by atoms with E-state index in [1.54, 1.807) is 12.3 Å². The van der Waals surface area contributed by atoms with Crippen LogP contribution in [0.1, 0.15) is 48.7 Å². The Morgan fingerprint density at radius 3 is 2.62 bits per heavy atom. The van der Waals surface area contributed by atoms with Crippen LogP contribution < -0.4 is 5.73 Å². The van der Waals surface area contributed by atoms with Gasteiger partial charge in [0.15, 0.2) is 0 Å². The van der Waals surface area contributed by atoms with Crippen LogP contribution in [0.4, 0.5) is 0 Å². The van der Waals surface area contributed by atoms with E-state index in [-0.39, 0.29) is 18.6 Å². The van der Waals surface area contributed by atoms with E-state index >= 15 is 0 Å². The molecule has 0 radical (unpaired) electrons. The van der Waals surface area contributed by atoms with Gasteiger partial charge >= 0.3 is 0 Å². The molecule has 3 N–H and O–H groups in total. The van der Waals surface area contributed by atoms with Gasteiger partial charge in [-0.05, 0) is 31.5 Å². The van der Waals surface area contributed by atoms with Crippen molar-refractivity contribution in [3.8, 4) is 11.3 Å². The van der Waals surface area contributed by atoms with Crippen LogP contribution in [0.15, 0.2) is 30.5 Å². The van der Waals surface area contributed by atoms with Gasteiger partial charge in [-0.25, -0.2) is 0 Å². The molecule has 1 atom stereocenters. The fourth-order valence-electron chi connectivity index (χ4n) is 2.41. The first-order chi connectivity index (χ1) is 9.95. The lowest BCUT2D eigenvalue weighted by Crippen LogP contribution is -2.16. The Labute approximate surface area is 124 Å². The Hall–Kier alpha value is -2.14. The van der Waals surface area contributed by atoms with Crippen LogP contribution in [0.5, 0.6) is 0 Å². The highest BCUT2D eigenvalue weighted by Gasteiger charge is 2.16. The van der Waals surface area contributed by atoms with Crippen molar-refractivity contribution in [3.63, 3.8) is 0 Å². The number of primary amides is 1. The molecule has 5 nitrogen and oxygen atoms in total. The zero-order chi connectivity index (χ0) is 15.6. The highest BCUT2D eigenvalue weighted by Crippen LogP contribution is 2.27. The number of rotatable bonds is 5. The van der Waals surface area contributed by atoms with E-state index < -0.39 is 5.91 Å². The Bertz CT molecular complexity index is 647. The number of carbonyl (C=O) groups excluding carboxylic acids is 1. The molecule has 5 heteroatoms. The van der Waals surface area contributed by atoms with E-state index in [0.29, 0.717) is 5.56 Å². The molecule has 0 aliphatic heterocycles. The summed E-state index contributed by atoms with van der Waals surface area (Å²) in [4.78, 5) is 11.7. The van der Waals surface area contributed by atoms with E-state index in [9.17, 15) is 9.90 Å². The predicted molar refractivity (Wildman–Crippen MR) is 82.1 cm³/mol. The van der Waals surface area contributed by atoms with Crippen molar-refractivity contribution in [1.29, 1.82) is 0 Å². The highest BCUT2D eigenvalue weighted by molar-refractivity contribution is 5.95. The largest absolute Gasteiger partial charge is 0.396 e. The number of benzene rings is 1. The van der Waals surface area contributed by atoms with Crippen molar-refractivity contribution in [2.75, 3.05) is 6.61 Å². The molecule has 0 aliphatic rings. The number of carbonyl (C=O) groups is 1. The van der Waals surface area contributed by atoms with E-state index in [2.05, 4.69) is 5.10 Å². The van der Waals surface area contributed by atoms with Crippen molar-refractivity contribution < 1.29 is 9.90 Å². The Kier molecular flexibility index (Phi) is 4.43. The van der Waals surface area contributed by atoms with Crippen LogP contribution >= 0.6 is 0 Å². The number of hydrogen-bond acceptors (Lipinski definition) is 3. The predicted octanol–water partition coefficient (Wildman–Crippen LogP) is 2.33. The summed E-state index contributed by atoms with van der Waals surface area (Å²) in [7, 11) is 0. The van der Waals surface area contributed by atoms with Gasteiger partial charge in [-0.1, -0.05) is 19.1 Å². The molecule has 1 aromatic carbocycles. The van der Waals surface area contributed by atoms with Crippen LogP contribution in [0.3, 0.4) is 0 Å². The number of nitrogens with zero attached hydrogens (tertiary/aromatic N) is 2. The summed E-state index contributed by atoms with van der Waals surface area (Å²) >= 11 is 0. The van der Waals surface area contributed by atoms with Gasteiger partial charge in [-0.3, -0.25) is 9.48 Å². The second kappa shape index (κ2) is 6.10. The third kappa shape index (κ3) is 2.97. The summed E-state index contributed by atoms with van der Waals surface area (Å²) < 4.78 is 1.90. The summed E-state index contributed by atoms with van der Waals surface area (Å²) in [5, 5.41) is 13.6. The number of hydrogen-bond donors (Lipinski definition) is 2. The van der Waals surface area contributed by atoms with Gasteiger partial charge < -0.3 is 10.8 Å². The molecule has 2 aromatic rings. The third-order valence-electron chi connectivity index (χ3n) is 3.58. The molecule has 0 saturated carbocycles. The van der Waals surface area contributed by atoms with Crippen molar-refractivity contribution >= 4 is 5.91 Å². The standard InChI is InChI=1S/C16H21N3O2/c1-10(2)19-15(6-7-18-19)12-4-5-13(11(3)9-20)14(8-12)16(17)21/h4-8,10-11,20H,9H2,1-3H3,(H2,17,21)/t11-/m1/s1. The molecule has 112 valence electrons. The molecule has 0 bridgehead atoms. The van der Waals surface area contributed by atoms with Gasteiger partial charge in [0.2, 0.25) is 5.91 Å². The minimum atomic E-state index is -0.484. The first-order valence-electron chi connectivity index (χ1n) is 7.04. The van der Waals surface area contributed by atoms with E-state index in [1.807, 2.05) is 43.7 Å². The number of aliphatic hydroxyl groups is 1. The Morgan fingerprint density at radius 2 is 2.05 bits per heavy atom. The molecule has 1 amide bonds. The van der Waals surface area contributed by atoms with Gasteiger partial charge in [-0.15, -0.1) is 0 Å². The SMILES string of the molecule is CC(C)n1nccc1-c1ccc([C@H](C)CO)c(C(N)=O)c1. The molecule has 2 rings (SSSR count). The van der Waals surface area contributed by atoms with Crippen molar-refractivity contribution in [1.82, 2.24) is 9.78 Å². The lowest BCUT2D eigenvalue weighted by Gasteiger charge is -2.16. The van der Waals surface area contributed by atoms with Crippen molar-refractivity contribution in [2.45, 2.75) is 32.7 Å². The maximum atomic E-state index is 11.7. The lowest BCUT2D eigenvalue weighted by atomic mass is 9.93. The normalized spacial score (nSPS) is 12.6. The smallest absolute Gasteiger partial charge is 0.249 e. The highest BCUT2D eigenvalue weighted by atomic mass is 16.3. The number of amides is 1. The first-order valence-corrected chi connectivity index (χ1v) is 7.04. The molecule has 0 spiro atoms. The summed E-state index contributed by atoms with van der Waals surface area (Å²) in [6, 6.07) is 7.70. The molecule has 1 heterocycles. The van der Waals surface area contributed by atoms with Crippen LogP contribution in [0.25, 0.3) is 11.3 Å². The maximum Gasteiger partial charge on any atom is 0.249 e. The summed E-state index contributed by atoms with van der Waals surface area (Å²) in [6.07, 6.45) is 1.74. The van der Waals surface area contributed by atoms with Gasteiger partial charge in [0.25, 0.3) is 0 Å².